The largest absolute Gasteiger partial charge is 0.306 e. The van der Waals surface area contributed by atoms with Gasteiger partial charge in [0, 0.05) is 48.2 Å². The Morgan fingerprint density at radius 2 is 1.96 bits per heavy atom. The van der Waals surface area contributed by atoms with Gasteiger partial charge in [-0.05, 0) is 43.5 Å². The van der Waals surface area contributed by atoms with Gasteiger partial charge in [0.1, 0.15) is 11.3 Å². The SMILES string of the molecule is c1ccc(-c2nn3c(c2-c2ccc4nccn4c2)CCCC3)nc1. The molecule has 0 aromatic carbocycles. The highest BCUT2D eigenvalue weighted by molar-refractivity contribution is 5.81. The highest BCUT2D eigenvalue weighted by Gasteiger charge is 2.23. The second-order valence-electron chi connectivity index (χ2n) is 6.18. The predicted molar refractivity (Wildman–Crippen MR) is 92.6 cm³/mol. The number of imidazole rings is 1. The summed E-state index contributed by atoms with van der Waals surface area (Å²) in [7, 11) is 0. The fraction of sp³-hybridized carbons (Fsp3) is 0.211. The lowest BCUT2D eigenvalue weighted by molar-refractivity contribution is 0.487. The number of nitrogens with zero attached hydrogens (tertiary/aromatic N) is 5. The Hall–Kier alpha value is -2.95. The summed E-state index contributed by atoms with van der Waals surface area (Å²) >= 11 is 0. The normalized spacial score (nSPS) is 14.0. The number of hydrogen-bond acceptors (Lipinski definition) is 3. The molecule has 4 aromatic heterocycles. The minimum Gasteiger partial charge on any atom is -0.306 e. The Labute approximate surface area is 139 Å². The Balaban J connectivity index is 1.77. The predicted octanol–water partition coefficient (Wildman–Crippen LogP) is 3.60. The van der Waals surface area contributed by atoms with Crippen LogP contribution >= 0.6 is 0 Å². The van der Waals surface area contributed by atoms with Crippen LogP contribution in [0.4, 0.5) is 0 Å². The first kappa shape index (κ1) is 13.5. The molecule has 0 aliphatic carbocycles. The van der Waals surface area contributed by atoms with Crippen molar-refractivity contribution in [2.75, 3.05) is 0 Å². The Morgan fingerprint density at radius 3 is 2.88 bits per heavy atom. The van der Waals surface area contributed by atoms with Crippen LogP contribution in [0.1, 0.15) is 18.5 Å². The van der Waals surface area contributed by atoms with E-state index in [9.17, 15) is 0 Å². The van der Waals surface area contributed by atoms with Crippen molar-refractivity contribution in [2.45, 2.75) is 25.8 Å². The van der Waals surface area contributed by atoms with Crippen molar-refractivity contribution in [3.8, 4) is 22.5 Å². The summed E-state index contributed by atoms with van der Waals surface area (Å²) in [5, 5.41) is 4.89. The van der Waals surface area contributed by atoms with Gasteiger partial charge < -0.3 is 4.40 Å². The summed E-state index contributed by atoms with van der Waals surface area (Å²) in [5.74, 6) is 0. The topological polar surface area (TPSA) is 48.0 Å². The zero-order valence-electron chi connectivity index (χ0n) is 13.3. The first-order valence-electron chi connectivity index (χ1n) is 8.34. The molecular weight excluding hydrogens is 298 g/mol. The maximum atomic E-state index is 4.89. The molecule has 24 heavy (non-hydrogen) atoms. The molecule has 0 fully saturated rings. The molecule has 0 spiro atoms. The van der Waals surface area contributed by atoms with Gasteiger partial charge >= 0.3 is 0 Å². The number of aromatic nitrogens is 5. The average molecular weight is 315 g/mol. The molecule has 118 valence electrons. The van der Waals surface area contributed by atoms with Gasteiger partial charge in [-0.1, -0.05) is 6.07 Å². The second kappa shape index (κ2) is 5.30. The Bertz CT molecular complexity index is 1010. The maximum Gasteiger partial charge on any atom is 0.136 e. The van der Waals surface area contributed by atoms with E-state index in [-0.39, 0.29) is 0 Å². The van der Waals surface area contributed by atoms with Crippen LogP contribution in [0.15, 0.2) is 55.1 Å². The summed E-state index contributed by atoms with van der Waals surface area (Å²) in [6.45, 7) is 0.989. The highest BCUT2D eigenvalue weighted by Crippen LogP contribution is 2.36. The molecule has 0 radical (unpaired) electrons. The molecule has 0 saturated heterocycles. The molecule has 5 nitrogen and oxygen atoms in total. The molecule has 5 heteroatoms. The van der Waals surface area contributed by atoms with Gasteiger partial charge in [0.2, 0.25) is 0 Å². The van der Waals surface area contributed by atoms with E-state index >= 15 is 0 Å². The molecule has 0 bridgehead atoms. The fourth-order valence-electron chi connectivity index (χ4n) is 3.54. The maximum absolute atomic E-state index is 4.89. The third-order valence-corrected chi connectivity index (χ3v) is 4.68. The van der Waals surface area contributed by atoms with Crippen molar-refractivity contribution in [3.05, 3.63) is 60.8 Å². The molecule has 0 saturated carbocycles. The van der Waals surface area contributed by atoms with E-state index in [1.165, 1.54) is 29.7 Å². The number of pyridine rings is 2. The average Bonchev–Trinajstić information content (AvgIpc) is 3.26. The zero-order chi connectivity index (χ0) is 15.9. The van der Waals surface area contributed by atoms with Crippen molar-refractivity contribution >= 4 is 5.65 Å². The van der Waals surface area contributed by atoms with Gasteiger partial charge in [0.25, 0.3) is 0 Å². The molecule has 0 N–H and O–H groups in total. The number of hydrogen-bond donors (Lipinski definition) is 0. The third-order valence-electron chi connectivity index (χ3n) is 4.68. The smallest absolute Gasteiger partial charge is 0.136 e. The summed E-state index contributed by atoms with van der Waals surface area (Å²) < 4.78 is 4.23. The number of rotatable bonds is 2. The number of fused-ring (bicyclic) bond motifs is 2. The van der Waals surface area contributed by atoms with Crippen LogP contribution in [-0.2, 0) is 13.0 Å². The van der Waals surface area contributed by atoms with Gasteiger partial charge in [-0.3, -0.25) is 9.67 Å². The van der Waals surface area contributed by atoms with E-state index in [0.717, 1.165) is 30.0 Å². The van der Waals surface area contributed by atoms with E-state index in [1.54, 1.807) is 0 Å². The molecule has 4 aromatic rings. The molecule has 0 unspecified atom stereocenters. The van der Waals surface area contributed by atoms with Crippen molar-refractivity contribution in [3.63, 3.8) is 0 Å². The van der Waals surface area contributed by atoms with Crippen LogP contribution in [0.2, 0.25) is 0 Å². The summed E-state index contributed by atoms with van der Waals surface area (Å²) in [6.07, 6.45) is 11.3. The second-order valence-corrected chi connectivity index (χ2v) is 6.18. The third kappa shape index (κ3) is 2.05. The van der Waals surface area contributed by atoms with Crippen LogP contribution in [0, 0.1) is 0 Å². The van der Waals surface area contributed by atoms with Crippen LogP contribution in [-0.4, -0.2) is 24.1 Å². The monoisotopic (exact) mass is 315 g/mol. The van der Waals surface area contributed by atoms with E-state index in [0.29, 0.717) is 0 Å². The van der Waals surface area contributed by atoms with E-state index in [1.807, 2.05) is 36.8 Å². The molecule has 5 heterocycles. The van der Waals surface area contributed by atoms with Gasteiger partial charge in [-0.15, -0.1) is 0 Å². The molecule has 1 aliphatic rings. The lowest BCUT2D eigenvalue weighted by Crippen LogP contribution is -2.11. The Morgan fingerprint density at radius 1 is 0.958 bits per heavy atom. The quantitative estimate of drug-likeness (QED) is 0.568. The van der Waals surface area contributed by atoms with E-state index in [4.69, 9.17) is 5.10 Å². The summed E-state index contributed by atoms with van der Waals surface area (Å²) in [6, 6.07) is 10.2. The summed E-state index contributed by atoms with van der Waals surface area (Å²) in [5.41, 5.74) is 6.57. The zero-order valence-corrected chi connectivity index (χ0v) is 13.3. The lowest BCUT2D eigenvalue weighted by Gasteiger charge is -2.14. The first-order valence-corrected chi connectivity index (χ1v) is 8.34. The number of aryl methyl sites for hydroxylation is 1. The van der Waals surface area contributed by atoms with Crippen molar-refractivity contribution in [1.82, 2.24) is 24.1 Å². The Kier molecular flexibility index (Phi) is 2.98. The minimum atomic E-state index is 0.931. The van der Waals surface area contributed by atoms with Crippen molar-refractivity contribution in [1.29, 1.82) is 0 Å². The standard InChI is InChI=1S/C19H17N5/c1-3-9-20-15(5-1)19-18(16-6-2-4-11-24(16)22-19)14-7-8-17-21-10-12-23(17)13-14/h1,3,5,7-10,12-13H,2,4,6,11H2. The molecule has 0 atom stereocenters. The first-order chi connectivity index (χ1) is 11.9. The molecule has 1 aliphatic heterocycles. The molecule has 0 amide bonds. The van der Waals surface area contributed by atoms with E-state index < -0.39 is 0 Å². The highest BCUT2D eigenvalue weighted by atomic mass is 15.3. The molecular formula is C19H17N5. The van der Waals surface area contributed by atoms with Crippen LogP contribution in [0.25, 0.3) is 28.2 Å². The fourth-order valence-corrected chi connectivity index (χ4v) is 3.54. The van der Waals surface area contributed by atoms with Gasteiger partial charge in [0.05, 0.1) is 5.69 Å². The molecule has 5 rings (SSSR count). The summed E-state index contributed by atoms with van der Waals surface area (Å²) in [4.78, 5) is 8.87. The van der Waals surface area contributed by atoms with Crippen LogP contribution in [0.5, 0.6) is 0 Å². The van der Waals surface area contributed by atoms with Crippen LogP contribution < -0.4 is 0 Å². The van der Waals surface area contributed by atoms with Gasteiger partial charge in [-0.25, -0.2) is 4.98 Å². The van der Waals surface area contributed by atoms with Gasteiger partial charge in [-0.2, -0.15) is 5.10 Å². The van der Waals surface area contributed by atoms with Crippen molar-refractivity contribution in [2.24, 2.45) is 0 Å². The minimum absolute atomic E-state index is 0.931. The lowest BCUT2D eigenvalue weighted by atomic mass is 9.98. The van der Waals surface area contributed by atoms with Crippen molar-refractivity contribution < 1.29 is 0 Å². The van der Waals surface area contributed by atoms with Crippen LogP contribution in [0.3, 0.4) is 0 Å². The van der Waals surface area contributed by atoms with Gasteiger partial charge in [0.15, 0.2) is 0 Å². The van der Waals surface area contributed by atoms with E-state index in [2.05, 4.69) is 37.4 Å².